The molecule has 5 nitrogen and oxygen atoms in total. The van der Waals surface area contributed by atoms with Gasteiger partial charge in [0.2, 0.25) is 0 Å². The van der Waals surface area contributed by atoms with E-state index in [0.29, 0.717) is 11.2 Å². The number of halogens is 1. The number of nitrogens with zero attached hydrogens (tertiary/aromatic N) is 2. The van der Waals surface area contributed by atoms with Gasteiger partial charge in [0.15, 0.2) is 0 Å². The summed E-state index contributed by atoms with van der Waals surface area (Å²) in [5, 5.41) is 14.7. The van der Waals surface area contributed by atoms with Gasteiger partial charge < -0.3 is 20.9 Å². The van der Waals surface area contributed by atoms with Gasteiger partial charge in [-0.1, -0.05) is 17.7 Å². The summed E-state index contributed by atoms with van der Waals surface area (Å²) in [6.45, 7) is 1.93. The van der Waals surface area contributed by atoms with E-state index in [-0.39, 0.29) is 6.04 Å². The zero-order valence-electron chi connectivity index (χ0n) is 11.8. The molecule has 3 heterocycles. The summed E-state index contributed by atoms with van der Waals surface area (Å²) < 4.78 is 0. The zero-order valence-corrected chi connectivity index (χ0v) is 12.6. The van der Waals surface area contributed by atoms with Crippen LogP contribution in [0.4, 0.5) is 0 Å². The fourth-order valence-corrected chi connectivity index (χ4v) is 2.60. The number of dihydropyridines is 1. The van der Waals surface area contributed by atoms with E-state index in [1.165, 1.54) is 6.21 Å². The third-order valence-electron chi connectivity index (χ3n) is 3.78. The molecule has 0 aromatic rings. The molecule has 1 unspecified atom stereocenters. The van der Waals surface area contributed by atoms with Crippen molar-refractivity contribution in [3.05, 3.63) is 47.5 Å². The van der Waals surface area contributed by atoms with Crippen LogP contribution in [0.15, 0.2) is 52.5 Å². The van der Waals surface area contributed by atoms with Gasteiger partial charge in [-0.05, 0) is 12.2 Å². The van der Waals surface area contributed by atoms with E-state index >= 15 is 0 Å². The molecule has 0 aliphatic carbocycles. The normalized spacial score (nSPS) is 25.4. The van der Waals surface area contributed by atoms with Gasteiger partial charge in [0.05, 0.1) is 17.8 Å². The minimum absolute atomic E-state index is 0.118. The van der Waals surface area contributed by atoms with Crippen molar-refractivity contribution in [3.63, 3.8) is 0 Å². The molecule has 0 aromatic heterocycles. The van der Waals surface area contributed by atoms with Crippen LogP contribution in [0.3, 0.4) is 0 Å². The fourth-order valence-electron chi connectivity index (χ4n) is 2.43. The van der Waals surface area contributed by atoms with E-state index < -0.39 is 0 Å². The SMILES string of the molecule is CN1C=C(/C(C=N)=C/NC2CNC2)C=C2N=C(Cl)C=CC21. The molecule has 110 valence electrons. The van der Waals surface area contributed by atoms with E-state index in [2.05, 4.69) is 20.5 Å². The second kappa shape index (κ2) is 5.87. The molecule has 1 saturated heterocycles. The highest BCUT2D eigenvalue weighted by atomic mass is 35.5. The number of hydrogen-bond acceptors (Lipinski definition) is 5. The van der Waals surface area contributed by atoms with Crippen LogP contribution >= 0.6 is 11.6 Å². The second-order valence-corrected chi connectivity index (χ2v) is 5.71. The van der Waals surface area contributed by atoms with Crippen molar-refractivity contribution in [1.82, 2.24) is 15.5 Å². The summed E-state index contributed by atoms with van der Waals surface area (Å²) in [4.78, 5) is 6.46. The summed E-state index contributed by atoms with van der Waals surface area (Å²) in [6.07, 6.45) is 11.1. The standard InChI is InChI=1S/C15H18ClN5/c1-21-9-10(4-13-14(21)2-3-15(16)20-13)11(5-17)6-19-12-7-18-8-12/h2-6,9,12,14,17-19H,7-8H2,1H3/b11-6+,17-5?. The Hall–Kier alpha value is -1.85. The molecular formula is C15H18ClN5. The van der Waals surface area contributed by atoms with Crippen LogP contribution in [0.1, 0.15) is 0 Å². The van der Waals surface area contributed by atoms with Crippen molar-refractivity contribution in [1.29, 1.82) is 5.41 Å². The Labute approximate surface area is 129 Å². The van der Waals surface area contributed by atoms with Crippen LogP contribution in [-0.4, -0.2) is 48.5 Å². The topological polar surface area (TPSA) is 63.5 Å². The smallest absolute Gasteiger partial charge is 0.129 e. The highest BCUT2D eigenvalue weighted by Crippen LogP contribution is 2.27. The molecule has 0 radical (unpaired) electrons. The lowest BCUT2D eigenvalue weighted by atomic mass is 9.99. The maximum atomic E-state index is 7.64. The highest BCUT2D eigenvalue weighted by Gasteiger charge is 2.23. The summed E-state index contributed by atoms with van der Waals surface area (Å²) in [5.41, 5.74) is 2.70. The molecule has 0 spiro atoms. The number of allylic oxidation sites excluding steroid dienone is 4. The van der Waals surface area contributed by atoms with E-state index in [0.717, 1.165) is 29.9 Å². The first-order valence-electron chi connectivity index (χ1n) is 6.93. The van der Waals surface area contributed by atoms with E-state index in [9.17, 15) is 0 Å². The minimum Gasteiger partial charge on any atom is -0.385 e. The summed E-state index contributed by atoms with van der Waals surface area (Å²) >= 11 is 5.98. The van der Waals surface area contributed by atoms with Gasteiger partial charge in [0.1, 0.15) is 5.17 Å². The van der Waals surface area contributed by atoms with Gasteiger partial charge in [-0.3, -0.25) is 0 Å². The first-order valence-corrected chi connectivity index (χ1v) is 7.30. The lowest BCUT2D eigenvalue weighted by molar-refractivity contribution is 0.400. The largest absolute Gasteiger partial charge is 0.385 e. The average Bonchev–Trinajstić information content (AvgIpc) is 2.41. The zero-order chi connectivity index (χ0) is 14.8. The van der Waals surface area contributed by atoms with Crippen LogP contribution in [0.2, 0.25) is 0 Å². The fraction of sp³-hybridized carbons (Fsp3) is 0.333. The Kier molecular flexibility index (Phi) is 3.94. The van der Waals surface area contributed by atoms with E-state index in [4.69, 9.17) is 17.0 Å². The predicted molar refractivity (Wildman–Crippen MR) is 86.8 cm³/mol. The molecule has 0 aromatic carbocycles. The van der Waals surface area contributed by atoms with Gasteiger partial charge in [-0.15, -0.1) is 0 Å². The van der Waals surface area contributed by atoms with E-state index in [1.807, 2.05) is 37.7 Å². The van der Waals surface area contributed by atoms with Crippen LogP contribution in [0, 0.1) is 5.41 Å². The molecule has 1 fully saturated rings. The third kappa shape index (κ3) is 2.94. The number of likely N-dealkylation sites (N-methyl/N-ethyl adjacent to an activating group) is 1. The number of nitrogens with one attached hydrogen (secondary N) is 3. The summed E-state index contributed by atoms with van der Waals surface area (Å²) in [5.74, 6) is 0. The maximum Gasteiger partial charge on any atom is 0.129 e. The molecule has 21 heavy (non-hydrogen) atoms. The summed E-state index contributed by atoms with van der Waals surface area (Å²) in [7, 11) is 2.00. The lowest BCUT2D eigenvalue weighted by Crippen LogP contribution is -2.53. The Bertz CT molecular complexity index is 595. The average molecular weight is 304 g/mol. The van der Waals surface area contributed by atoms with Crippen molar-refractivity contribution >= 4 is 23.0 Å². The first-order chi connectivity index (χ1) is 10.2. The molecule has 0 saturated carbocycles. The van der Waals surface area contributed by atoms with Gasteiger partial charge in [0, 0.05) is 49.9 Å². The highest BCUT2D eigenvalue weighted by molar-refractivity contribution is 6.68. The minimum atomic E-state index is 0.118. The van der Waals surface area contributed by atoms with Crippen molar-refractivity contribution in [3.8, 4) is 0 Å². The van der Waals surface area contributed by atoms with Crippen molar-refractivity contribution in [2.75, 3.05) is 20.1 Å². The molecule has 0 bridgehead atoms. The van der Waals surface area contributed by atoms with Crippen molar-refractivity contribution in [2.45, 2.75) is 12.1 Å². The summed E-state index contributed by atoms with van der Waals surface area (Å²) in [6, 6.07) is 0.569. The van der Waals surface area contributed by atoms with Gasteiger partial charge >= 0.3 is 0 Å². The van der Waals surface area contributed by atoms with E-state index in [1.54, 1.807) is 0 Å². The van der Waals surface area contributed by atoms with Crippen molar-refractivity contribution in [2.24, 2.45) is 4.99 Å². The Morgan fingerprint density at radius 1 is 1.57 bits per heavy atom. The molecular weight excluding hydrogens is 286 g/mol. The third-order valence-corrected chi connectivity index (χ3v) is 4.00. The quantitative estimate of drug-likeness (QED) is 0.687. The number of hydrogen-bond donors (Lipinski definition) is 3. The second-order valence-electron chi connectivity index (χ2n) is 5.32. The first kappa shape index (κ1) is 14.1. The van der Waals surface area contributed by atoms with Crippen LogP contribution in [-0.2, 0) is 0 Å². The molecule has 1 atom stereocenters. The Balaban J connectivity index is 1.83. The molecule has 6 heteroatoms. The number of fused-ring (bicyclic) bond motifs is 1. The number of rotatable bonds is 4. The van der Waals surface area contributed by atoms with Crippen LogP contribution < -0.4 is 10.6 Å². The Morgan fingerprint density at radius 2 is 2.38 bits per heavy atom. The van der Waals surface area contributed by atoms with Crippen molar-refractivity contribution < 1.29 is 0 Å². The van der Waals surface area contributed by atoms with Gasteiger partial charge in [0.25, 0.3) is 0 Å². The predicted octanol–water partition coefficient (Wildman–Crippen LogP) is 1.37. The van der Waals surface area contributed by atoms with Gasteiger partial charge in [-0.2, -0.15) is 0 Å². The van der Waals surface area contributed by atoms with Crippen LogP contribution in [0.25, 0.3) is 0 Å². The lowest BCUT2D eigenvalue weighted by Gasteiger charge is -2.31. The molecule has 3 N–H and O–H groups in total. The molecule has 0 amide bonds. The van der Waals surface area contributed by atoms with Gasteiger partial charge in [-0.25, -0.2) is 4.99 Å². The molecule has 3 aliphatic heterocycles. The maximum absolute atomic E-state index is 7.64. The molecule has 3 rings (SSSR count). The molecule has 3 aliphatic rings. The number of aliphatic imine (C=N–C) groups is 1. The van der Waals surface area contributed by atoms with Crippen LogP contribution in [0.5, 0.6) is 0 Å². The monoisotopic (exact) mass is 303 g/mol. The Morgan fingerprint density at radius 3 is 3.05 bits per heavy atom.